The van der Waals surface area contributed by atoms with Gasteiger partial charge in [0.2, 0.25) is 5.71 Å². The van der Waals surface area contributed by atoms with Gasteiger partial charge < -0.3 is 25.1 Å². The number of carbonyl (C=O) groups is 2. The second-order valence-electron chi connectivity index (χ2n) is 10.3. The highest BCUT2D eigenvalue weighted by atomic mass is 19.4. The van der Waals surface area contributed by atoms with Crippen LogP contribution in [0.5, 0.6) is 0 Å². The molecule has 236 valence electrons. The fraction of sp³-hybridized carbons (Fsp3) is 0.226. The number of furan rings is 1. The third-order valence-electron chi connectivity index (χ3n) is 6.68. The fourth-order valence-electron chi connectivity index (χ4n) is 4.28. The van der Waals surface area contributed by atoms with E-state index in [1.807, 2.05) is 0 Å². The summed E-state index contributed by atoms with van der Waals surface area (Å²) < 4.78 is 79.0. The number of halogens is 5. The first-order chi connectivity index (χ1) is 21.1. The van der Waals surface area contributed by atoms with Gasteiger partial charge in [-0.2, -0.15) is 18.2 Å². The van der Waals surface area contributed by atoms with Gasteiger partial charge in [-0.25, -0.2) is 13.8 Å². The third-order valence-corrected chi connectivity index (χ3v) is 6.68. The lowest BCUT2D eigenvalue weighted by Gasteiger charge is -2.26. The summed E-state index contributed by atoms with van der Waals surface area (Å²) in [5.41, 5.74) is -1.19. The van der Waals surface area contributed by atoms with Gasteiger partial charge in [0.15, 0.2) is 6.40 Å². The molecule has 0 unspecified atom stereocenters. The summed E-state index contributed by atoms with van der Waals surface area (Å²) in [6, 6.07) is 9.75. The lowest BCUT2D eigenvalue weighted by Crippen LogP contribution is -2.44. The number of hydrogen-bond donors (Lipinski definition) is 3. The summed E-state index contributed by atoms with van der Waals surface area (Å²) >= 11 is 0. The van der Waals surface area contributed by atoms with E-state index in [1.54, 1.807) is 13.8 Å². The fourth-order valence-corrected chi connectivity index (χ4v) is 4.28. The van der Waals surface area contributed by atoms with Crippen LogP contribution in [-0.2, 0) is 4.74 Å². The highest BCUT2D eigenvalue weighted by molar-refractivity contribution is 6.11. The molecular formula is C31H28F5N5O4. The molecule has 4 aromatic rings. The molecule has 45 heavy (non-hydrogen) atoms. The Bertz CT molecular complexity index is 1800. The largest absolute Gasteiger partial charge is 0.486 e. The predicted molar refractivity (Wildman–Crippen MR) is 159 cm³/mol. The van der Waals surface area contributed by atoms with Crippen LogP contribution in [0.1, 0.15) is 34.6 Å². The van der Waals surface area contributed by atoms with E-state index in [2.05, 4.69) is 32.5 Å². The Morgan fingerprint density at radius 3 is 2.33 bits per heavy atom. The summed E-state index contributed by atoms with van der Waals surface area (Å²) in [5.74, 6) is -3.25. The molecule has 0 aliphatic rings. The molecule has 0 radical (unpaired) electrons. The first-order valence-corrected chi connectivity index (χ1v) is 13.3. The molecule has 0 bridgehead atoms. The molecule has 0 aliphatic heterocycles. The zero-order valence-electron chi connectivity index (χ0n) is 24.5. The van der Waals surface area contributed by atoms with E-state index in [4.69, 9.17) is 9.15 Å². The van der Waals surface area contributed by atoms with Crippen molar-refractivity contribution in [3.05, 3.63) is 83.6 Å². The molecule has 4 rings (SSSR count). The number of aromatic nitrogens is 1. The number of pyridine rings is 1. The second kappa shape index (κ2) is 12.8. The molecule has 2 aromatic heterocycles. The maximum Gasteiger partial charge on any atom is 0.405 e. The average Bonchev–Trinajstić information content (AvgIpc) is 3.36. The number of rotatable bonds is 10. The molecule has 2 amide bonds. The zero-order valence-corrected chi connectivity index (χ0v) is 24.5. The summed E-state index contributed by atoms with van der Waals surface area (Å²) in [7, 11) is 2.74. The smallest absolute Gasteiger partial charge is 0.405 e. The van der Waals surface area contributed by atoms with Crippen molar-refractivity contribution >= 4 is 35.1 Å². The standard InChI is InChI=1S/C31H28F5N5O4/c1-16(39-15-44-5)30(2,3)41-27(42)21-12-18(8-11-23(21)33)20-13-22-24(28(43)37-4)25(17-6-9-19(32)10-7-17)45-29(22)40-26(20)38-14-31(34,35)36/h6-13,15H,1,14H2,2-5H3,(H,37,43)(H,38,40)(H,41,42). The van der Waals surface area contributed by atoms with Gasteiger partial charge >= 0.3 is 6.18 Å². The lowest BCUT2D eigenvalue weighted by molar-refractivity contribution is -0.115. The minimum Gasteiger partial charge on any atom is -0.486 e. The Hall–Kier alpha value is -5.27. The minimum atomic E-state index is -4.64. The van der Waals surface area contributed by atoms with Crippen molar-refractivity contribution in [2.45, 2.75) is 25.6 Å². The van der Waals surface area contributed by atoms with Gasteiger partial charge in [0.05, 0.1) is 34.9 Å². The van der Waals surface area contributed by atoms with Crippen molar-refractivity contribution in [3.63, 3.8) is 0 Å². The normalized spacial score (nSPS) is 11.9. The summed E-state index contributed by atoms with van der Waals surface area (Å²) in [6.45, 7) is 5.46. The average molecular weight is 630 g/mol. The number of ether oxygens (including phenoxy) is 1. The van der Waals surface area contributed by atoms with E-state index in [9.17, 15) is 27.2 Å². The predicted octanol–water partition coefficient (Wildman–Crippen LogP) is 6.47. The van der Waals surface area contributed by atoms with Gasteiger partial charge in [-0.15, -0.1) is 0 Å². The second-order valence-corrected chi connectivity index (χ2v) is 10.3. The van der Waals surface area contributed by atoms with E-state index in [-0.39, 0.29) is 45.1 Å². The zero-order chi connectivity index (χ0) is 33.1. The van der Waals surface area contributed by atoms with Crippen LogP contribution in [0.25, 0.3) is 33.6 Å². The number of anilines is 1. The molecule has 2 aromatic carbocycles. The first-order valence-electron chi connectivity index (χ1n) is 13.3. The number of carbonyl (C=O) groups excluding carboxylic acids is 2. The van der Waals surface area contributed by atoms with Gasteiger partial charge in [-0.3, -0.25) is 9.59 Å². The van der Waals surface area contributed by atoms with Crippen molar-refractivity contribution in [1.29, 1.82) is 0 Å². The van der Waals surface area contributed by atoms with E-state index in [1.165, 1.54) is 38.4 Å². The SMILES string of the molecule is C=C(N=COC)C(C)(C)NC(=O)c1cc(-c2cc3c(C(=O)NC)c(-c4ccc(F)cc4)oc3nc2NCC(F)(F)F)ccc1F. The topological polar surface area (TPSA) is 118 Å². The van der Waals surface area contributed by atoms with Crippen molar-refractivity contribution in [3.8, 4) is 22.5 Å². The van der Waals surface area contributed by atoms with E-state index < -0.39 is 47.3 Å². The molecule has 0 saturated carbocycles. The van der Waals surface area contributed by atoms with Crippen LogP contribution < -0.4 is 16.0 Å². The summed E-state index contributed by atoms with van der Waals surface area (Å²) in [6.07, 6.45) is -3.53. The van der Waals surface area contributed by atoms with Crippen molar-refractivity contribution in [2.24, 2.45) is 4.99 Å². The highest BCUT2D eigenvalue weighted by Gasteiger charge is 2.30. The van der Waals surface area contributed by atoms with Crippen LogP contribution in [0.3, 0.4) is 0 Å². The van der Waals surface area contributed by atoms with Crippen LogP contribution in [-0.4, -0.2) is 55.6 Å². The minimum absolute atomic E-state index is 0.00535. The number of hydrogen-bond acceptors (Lipinski definition) is 7. The summed E-state index contributed by atoms with van der Waals surface area (Å²) in [4.78, 5) is 34.4. The Labute approximate surface area is 254 Å². The highest BCUT2D eigenvalue weighted by Crippen LogP contribution is 2.38. The van der Waals surface area contributed by atoms with Crippen molar-refractivity contribution in [2.75, 3.05) is 26.0 Å². The monoisotopic (exact) mass is 629 g/mol. The van der Waals surface area contributed by atoms with Crippen molar-refractivity contribution < 1.29 is 40.7 Å². The number of alkyl halides is 3. The maximum absolute atomic E-state index is 15.0. The molecule has 9 nitrogen and oxygen atoms in total. The van der Waals surface area contributed by atoms with Crippen LogP contribution in [0, 0.1) is 11.6 Å². The van der Waals surface area contributed by atoms with Crippen LogP contribution in [0.15, 0.2) is 70.2 Å². The van der Waals surface area contributed by atoms with Gasteiger partial charge in [0.25, 0.3) is 11.8 Å². The Balaban J connectivity index is 1.89. The number of nitrogens with one attached hydrogen (secondary N) is 3. The number of fused-ring (bicyclic) bond motifs is 1. The molecule has 14 heteroatoms. The number of amides is 2. The molecule has 0 atom stereocenters. The number of nitrogens with zero attached hydrogens (tertiary/aromatic N) is 2. The van der Waals surface area contributed by atoms with Crippen LogP contribution >= 0.6 is 0 Å². The third kappa shape index (κ3) is 7.28. The van der Waals surface area contributed by atoms with Crippen LogP contribution in [0.4, 0.5) is 27.8 Å². The molecule has 2 heterocycles. The Kier molecular flexibility index (Phi) is 9.26. The van der Waals surface area contributed by atoms with Gasteiger partial charge in [0, 0.05) is 18.2 Å². The maximum atomic E-state index is 15.0. The molecule has 0 spiro atoms. The molecule has 3 N–H and O–H groups in total. The molecule has 0 saturated heterocycles. The number of aliphatic imine (C=N–C) groups is 1. The van der Waals surface area contributed by atoms with Gasteiger partial charge in [-0.1, -0.05) is 12.6 Å². The molecule has 0 fully saturated rings. The van der Waals surface area contributed by atoms with Gasteiger partial charge in [0.1, 0.15) is 29.8 Å². The number of benzene rings is 2. The van der Waals surface area contributed by atoms with Gasteiger partial charge in [-0.05, 0) is 61.9 Å². The Morgan fingerprint density at radius 2 is 1.71 bits per heavy atom. The molecule has 0 aliphatic carbocycles. The number of methoxy groups -OCH3 is 1. The van der Waals surface area contributed by atoms with E-state index >= 15 is 4.39 Å². The van der Waals surface area contributed by atoms with E-state index in [0.29, 0.717) is 5.56 Å². The van der Waals surface area contributed by atoms with Crippen LogP contribution in [0.2, 0.25) is 0 Å². The summed E-state index contributed by atoms with van der Waals surface area (Å²) in [5, 5.41) is 7.43. The lowest BCUT2D eigenvalue weighted by atomic mass is 9.98. The first kappa shape index (κ1) is 32.6. The molecular weight excluding hydrogens is 601 g/mol. The van der Waals surface area contributed by atoms with E-state index in [0.717, 1.165) is 30.7 Å². The Morgan fingerprint density at radius 1 is 1.04 bits per heavy atom. The quantitative estimate of drug-likeness (QED) is 0.105. The van der Waals surface area contributed by atoms with Crippen molar-refractivity contribution in [1.82, 2.24) is 15.6 Å².